The predicted octanol–water partition coefficient (Wildman–Crippen LogP) is 9.94. The van der Waals surface area contributed by atoms with Gasteiger partial charge in [0.05, 0.1) is 32.0 Å². The molecule has 1 saturated heterocycles. The Labute approximate surface area is 382 Å². The van der Waals surface area contributed by atoms with Crippen molar-refractivity contribution in [1.82, 2.24) is 5.32 Å². The van der Waals surface area contributed by atoms with Gasteiger partial charge in [0.1, 0.15) is 24.4 Å². The van der Waals surface area contributed by atoms with Gasteiger partial charge >= 0.3 is 5.97 Å². The summed E-state index contributed by atoms with van der Waals surface area (Å²) in [5.74, 6) is -0.329. The molecular weight excluding hydrogens is 799 g/mol. The average molecular weight is 890 g/mol. The average Bonchev–Trinajstić information content (AvgIpc) is 3.28. The lowest BCUT2D eigenvalue weighted by Gasteiger charge is -2.40. The number of aliphatic hydroxyl groups is 5. The molecule has 0 radical (unpaired) electrons. The van der Waals surface area contributed by atoms with Crippen molar-refractivity contribution in [2.45, 2.75) is 236 Å². The number of carbonyl (C=O) groups excluding carboxylic acids is 2. The van der Waals surface area contributed by atoms with Crippen molar-refractivity contribution < 1.29 is 49.3 Å². The van der Waals surface area contributed by atoms with Crippen LogP contribution in [-0.4, -0.2) is 100 Å². The van der Waals surface area contributed by atoms with Gasteiger partial charge in [-0.15, -0.1) is 0 Å². The molecule has 0 bridgehead atoms. The summed E-state index contributed by atoms with van der Waals surface area (Å²) in [6.07, 6.45) is 41.8. The van der Waals surface area contributed by atoms with Crippen LogP contribution in [0.1, 0.15) is 194 Å². The third-order valence-electron chi connectivity index (χ3n) is 11.3. The van der Waals surface area contributed by atoms with Gasteiger partial charge < -0.3 is 45.1 Å². The Morgan fingerprint density at radius 3 is 1.73 bits per heavy atom. The number of hydrogen-bond acceptors (Lipinski definition) is 10. The maximum absolute atomic E-state index is 12.9. The molecule has 7 unspecified atom stereocenters. The number of carbonyl (C=O) groups is 2. The van der Waals surface area contributed by atoms with Crippen LogP contribution in [0.4, 0.5) is 0 Å². The molecule has 7 atom stereocenters. The summed E-state index contributed by atoms with van der Waals surface area (Å²) in [7, 11) is 0. The second-order valence-corrected chi connectivity index (χ2v) is 17.1. The standard InChI is InChI=1S/C52H91NO10/c1-3-5-7-9-11-13-14-16-20-24-28-32-36-40-48(57)61-41-37-33-29-25-21-18-15-17-19-23-27-31-35-39-47(56)53-44(45(55)38-34-30-26-22-12-10-8-6-4-2)43-62-52-51(60)50(59)49(58)46(42-54)63-52/h12-14,17,19,22,27,31,34,38,44-46,49-52,54-55,58-60H,3-11,15-16,18,20-21,23-26,28-30,32-33,35-37,39-43H2,1-2H3,(H,53,56)/b14-13-,19-17-,22-12+,31-27-,38-34+. The topological polar surface area (TPSA) is 175 Å². The molecule has 0 aromatic rings. The van der Waals surface area contributed by atoms with E-state index in [0.717, 1.165) is 64.2 Å². The monoisotopic (exact) mass is 890 g/mol. The normalized spacial score (nSPS) is 20.5. The molecule has 1 aliphatic rings. The summed E-state index contributed by atoms with van der Waals surface area (Å²) >= 11 is 0. The van der Waals surface area contributed by atoms with E-state index in [-0.39, 0.29) is 24.9 Å². The first kappa shape index (κ1) is 58.4. The fourth-order valence-corrected chi connectivity index (χ4v) is 7.26. The van der Waals surface area contributed by atoms with E-state index in [2.05, 4.69) is 55.6 Å². The highest BCUT2D eigenvalue weighted by Crippen LogP contribution is 2.22. The second-order valence-electron chi connectivity index (χ2n) is 17.1. The molecule has 1 amide bonds. The summed E-state index contributed by atoms with van der Waals surface area (Å²) in [6.45, 7) is 4.13. The summed E-state index contributed by atoms with van der Waals surface area (Å²) in [4.78, 5) is 24.9. The first-order valence-electron chi connectivity index (χ1n) is 25.1. The van der Waals surface area contributed by atoms with Crippen molar-refractivity contribution in [3.63, 3.8) is 0 Å². The molecule has 1 aliphatic heterocycles. The van der Waals surface area contributed by atoms with E-state index in [9.17, 15) is 35.1 Å². The maximum Gasteiger partial charge on any atom is 0.305 e. The van der Waals surface area contributed by atoms with E-state index in [1.807, 2.05) is 18.2 Å². The van der Waals surface area contributed by atoms with Gasteiger partial charge in [0.2, 0.25) is 5.91 Å². The third kappa shape index (κ3) is 32.6. The van der Waals surface area contributed by atoms with E-state index >= 15 is 0 Å². The maximum atomic E-state index is 12.9. The van der Waals surface area contributed by atoms with Crippen LogP contribution in [0.3, 0.4) is 0 Å². The van der Waals surface area contributed by atoms with E-state index < -0.39 is 49.5 Å². The molecule has 0 aromatic carbocycles. The van der Waals surface area contributed by atoms with Gasteiger partial charge in [-0.25, -0.2) is 0 Å². The van der Waals surface area contributed by atoms with Crippen molar-refractivity contribution in [3.05, 3.63) is 60.8 Å². The Morgan fingerprint density at radius 2 is 1.10 bits per heavy atom. The van der Waals surface area contributed by atoms with Gasteiger partial charge in [0.25, 0.3) is 0 Å². The Bertz CT molecular complexity index is 1230. The van der Waals surface area contributed by atoms with Crippen LogP contribution >= 0.6 is 0 Å². The molecule has 0 aromatic heterocycles. The van der Waals surface area contributed by atoms with E-state index in [1.165, 1.54) is 89.9 Å². The fourth-order valence-electron chi connectivity index (χ4n) is 7.26. The number of ether oxygens (including phenoxy) is 3. The SMILES string of the molecule is CCCCC/C=C/CC/C=C/C(O)C(COC1OC(CO)C(O)C(O)C1O)NC(=O)CC/C=C\C/C=C\CCCCCCCCOC(=O)CCCCCCC/C=C\CCCCCC. The predicted molar refractivity (Wildman–Crippen MR) is 255 cm³/mol. The van der Waals surface area contributed by atoms with Crippen LogP contribution in [0, 0.1) is 0 Å². The zero-order chi connectivity index (χ0) is 46.0. The number of aliphatic hydroxyl groups excluding tert-OH is 5. The van der Waals surface area contributed by atoms with Crippen molar-refractivity contribution in [3.8, 4) is 0 Å². The zero-order valence-electron chi connectivity index (χ0n) is 39.5. The summed E-state index contributed by atoms with van der Waals surface area (Å²) in [5, 5.41) is 53.9. The van der Waals surface area contributed by atoms with Gasteiger partial charge in [-0.05, 0) is 89.9 Å². The first-order valence-corrected chi connectivity index (χ1v) is 25.1. The van der Waals surface area contributed by atoms with Gasteiger partial charge in [0, 0.05) is 12.8 Å². The molecule has 11 heteroatoms. The highest BCUT2D eigenvalue weighted by atomic mass is 16.7. The van der Waals surface area contributed by atoms with Crippen LogP contribution < -0.4 is 5.32 Å². The first-order chi connectivity index (χ1) is 30.7. The number of allylic oxidation sites excluding steroid dienone is 9. The molecule has 63 heavy (non-hydrogen) atoms. The van der Waals surface area contributed by atoms with Crippen molar-refractivity contribution in [2.75, 3.05) is 19.8 Å². The van der Waals surface area contributed by atoms with E-state index in [1.54, 1.807) is 6.08 Å². The third-order valence-corrected chi connectivity index (χ3v) is 11.3. The van der Waals surface area contributed by atoms with E-state index in [0.29, 0.717) is 25.9 Å². The van der Waals surface area contributed by atoms with Gasteiger partial charge in [-0.2, -0.15) is 0 Å². The number of amides is 1. The summed E-state index contributed by atoms with van der Waals surface area (Å²) in [5.41, 5.74) is 0. The molecule has 1 fully saturated rings. The Kier molecular flexibility index (Phi) is 38.9. The minimum absolute atomic E-state index is 0.0513. The molecular formula is C52H91NO10. The second kappa shape index (κ2) is 42.0. The zero-order valence-corrected chi connectivity index (χ0v) is 39.5. The molecule has 0 spiro atoms. The molecule has 0 saturated carbocycles. The minimum Gasteiger partial charge on any atom is -0.466 e. The van der Waals surface area contributed by atoms with Gasteiger partial charge in [-0.3, -0.25) is 9.59 Å². The van der Waals surface area contributed by atoms with Crippen molar-refractivity contribution in [1.29, 1.82) is 0 Å². The lowest BCUT2D eigenvalue weighted by molar-refractivity contribution is -0.302. The van der Waals surface area contributed by atoms with Crippen molar-refractivity contribution in [2.24, 2.45) is 0 Å². The van der Waals surface area contributed by atoms with E-state index in [4.69, 9.17) is 14.2 Å². The summed E-state index contributed by atoms with van der Waals surface area (Å²) < 4.78 is 16.6. The number of nitrogens with one attached hydrogen (secondary N) is 1. The molecule has 0 aliphatic carbocycles. The largest absolute Gasteiger partial charge is 0.466 e. The van der Waals surface area contributed by atoms with Gasteiger partial charge in [-0.1, -0.05) is 152 Å². The van der Waals surface area contributed by atoms with Crippen LogP contribution in [0.2, 0.25) is 0 Å². The lowest BCUT2D eigenvalue weighted by atomic mass is 9.99. The highest BCUT2D eigenvalue weighted by Gasteiger charge is 2.44. The fraction of sp³-hybridized carbons (Fsp3) is 0.769. The number of rotatable bonds is 41. The summed E-state index contributed by atoms with van der Waals surface area (Å²) in [6, 6.07) is -0.871. The lowest BCUT2D eigenvalue weighted by Crippen LogP contribution is -2.60. The van der Waals surface area contributed by atoms with Crippen LogP contribution in [0.15, 0.2) is 60.8 Å². The molecule has 364 valence electrons. The van der Waals surface area contributed by atoms with Gasteiger partial charge in [0.15, 0.2) is 6.29 Å². The number of esters is 1. The number of hydrogen-bond donors (Lipinski definition) is 6. The van der Waals surface area contributed by atoms with Crippen LogP contribution in [0.5, 0.6) is 0 Å². The smallest absolute Gasteiger partial charge is 0.305 e. The highest BCUT2D eigenvalue weighted by molar-refractivity contribution is 5.76. The van der Waals surface area contributed by atoms with Crippen LogP contribution in [0.25, 0.3) is 0 Å². The van der Waals surface area contributed by atoms with Crippen LogP contribution in [-0.2, 0) is 23.8 Å². The Hall–Kier alpha value is -2.64. The Morgan fingerprint density at radius 1 is 0.587 bits per heavy atom. The quantitative estimate of drug-likeness (QED) is 0.0197. The molecule has 1 rings (SSSR count). The molecule has 1 heterocycles. The van der Waals surface area contributed by atoms with Crippen molar-refractivity contribution >= 4 is 11.9 Å². The minimum atomic E-state index is -1.59. The number of unbranched alkanes of at least 4 members (excludes halogenated alkanes) is 19. The Balaban J connectivity index is 2.21. The molecule has 6 N–H and O–H groups in total. The molecule has 11 nitrogen and oxygen atoms in total.